The molecular weight excluding hydrogens is 239 g/mol. The van der Waals surface area contributed by atoms with Gasteiger partial charge >= 0.3 is 0 Å². The molecule has 1 aliphatic rings. The maximum Gasteiger partial charge on any atom is 0.128 e. The van der Waals surface area contributed by atoms with Crippen molar-refractivity contribution in [3.05, 3.63) is 34.6 Å². The first kappa shape index (κ1) is 12.3. The second kappa shape index (κ2) is 4.64. The molecule has 4 heteroatoms. The average molecular weight is 253 g/mol. The van der Waals surface area contributed by atoms with Crippen LogP contribution in [0.3, 0.4) is 0 Å². The van der Waals surface area contributed by atoms with Gasteiger partial charge < -0.3 is 5.32 Å². The van der Waals surface area contributed by atoms with E-state index in [0.717, 1.165) is 19.3 Å². The number of hydrogen-bond donors (Lipinski definition) is 1. The van der Waals surface area contributed by atoms with E-state index < -0.39 is 5.41 Å². The Bertz CT molecular complexity index is 463. The molecule has 0 saturated heterocycles. The summed E-state index contributed by atoms with van der Waals surface area (Å²) in [5.74, 6) is -0.310. The topological polar surface area (TPSA) is 35.8 Å². The molecule has 0 aliphatic heterocycles. The van der Waals surface area contributed by atoms with Gasteiger partial charge in [-0.1, -0.05) is 18.0 Å². The van der Waals surface area contributed by atoms with Gasteiger partial charge in [-0.15, -0.1) is 0 Å². The third-order valence-electron chi connectivity index (χ3n) is 3.58. The second-order valence-electron chi connectivity index (χ2n) is 4.51. The summed E-state index contributed by atoms with van der Waals surface area (Å²) < 4.78 is 13.8. The van der Waals surface area contributed by atoms with E-state index in [2.05, 4.69) is 11.4 Å². The van der Waals surface area contributed by atoms with Crippen LogP contribution in [0.25, 0.3) is 0 Å². The van der Waals surface area contributed by atoms with Gasteiger partial charge in [-0.05, 0) is 38.1 Å². The number of halogens is 2. The second-order valence-corrected chi connectivity index (χ2v) is 4.95. The maximum atomic E-state index is 13.8. The smallest absolute Gasteiger partial charge is 0.128 e. The van der Waals surface area contributed by atoms with Crippen molar-refractivity contribution in [1.29, 1.82) is 5.26 Å². The normalized spacial score (nSPS) is 19.2. The maximum absolute atomic E-state index is 13.8. The van der Waals surface area contributed by atoms with Gasteiger partial charge in [0.2, 0.25) is 0 Å². The fraction of sp³-hybridized carbons (Fsp3) is 0.462. The van der Waals surface area contributed by atoms with Crippen LogP contribution < -0.4 is 5.32 Å². The van der Waals surface area contributed by atoms with Crippen molar-refractivity contribution in [2.75, 3.05) is 7.05 Å². The molecule has 2 nitrogen and oxygen atoms in total. The first-order chi connectivity index (χ1) is 8.13. The van der Waals surface area contributed by atoms with Crippen LogP contribution >= 0.6 is 11.6 Å². The molecule has 1 aliphatic carbocycles. The quantitative estimate of drug-likeness (QED) is 0.895. The van der Waals surface area contributed by atoms with Crippen molar-refractivity contribution >= 4 is 11.6 Å². The number of nitrogens with zero attached hydrogens (tertiary/aromatic N) is 1. The molecule has 0 radical (unpaired) electrons. The fourth-order valence-electron chi connectivity index (χ4n) is 2.49. The molecule has 1 fully saturated rings. The average Bonchev–Trinajstić information content (AvgIpc) is 2.27. The number of rotatable bonds is 3. The van der Waals surface area contributed by atoms with E-state index in [-0.39, 0.29) is 11.9 Å². The molecule has 2 rings (SSSR count). The summed E-state index contributed by atoms with van der Waals surface area (Å²) in [6.07, 6.45) is 2.63. The van der Waals surface area contributed by atoms with Gasteiger partial charge in [0.1, 0.15) is 5.82 Å². The van der Waals surface area contributed by atoms with Crippen LogP contribution in [0.15, 0.2) is 18.2 Å². The minimum atomic E-state index is -0.486. The molecule has 90 valence electrons. The molecule has 1 unspecified atom stereocenters. The summed E-state index contributed by atoms with van der Waals surface area (Å²) in [7, 11) is 1.75. The first-order valence-electron chi connectivity index (χ1n) is 5.66. The Hall–Kier alpha value is -1.11. The molecule has 0 aromatic heterocycles. The van der Waals surface area contributed by atoms with Crippen LogP contribution in [0, 0.1) is 22.6 Å². The lowest BCUT2D eigenvalue weighted by Crippen LogP contribution is -2.41. The summed E-state index contributed by atoms with van der Waals surface area (Å²) in [4.78, 5) is 0. The highest BCUT2D eigenvalue weighted by Gasteiger charge is 2.45. The van der Waals surface area contributed by atoms with Crippen LogP contribution in [0.5, 0.6) is 0 Å². The molecule has 1 atom stereocenters. The summed E-state index contributed by atoms with van der Waals surface area (Å²) >= 11 is 5.89. The van der Waals surface area contributed by atoms with E-state index in [4.69, 9.17) is 11.6 Å². The third-order valence-corrected chi connectivity index (χ3v) is 3.81. The van der Waals surface area contributed by atoms with Crippen molar-refractivity contribution in [3.63, 3.8) is 0 Å². The van der Waals surface area contributed by atoms with Crippen LogP contribution in [0.1, 0.15) is 30.9 Å². The summed E-state index contributed by atoms with van der Waals surface area (Å²) in [5.41, 5.74) is 0.00143. The van der Waals surface area contributed by atoms with Gasteiger partial charge in [-0.2, -0.15) is 5.26 Å². The Morgan fingerprint density at radius 2 is 2.24 bits per heavy atom. The monoisotopic (exact) mass is 252 g/mol. The standard InChI is InChI=1S/C13H14ClFN2/c1-17-12(13(8-16)5-2-6-13)10-7-9(14)3-4-11(10)15/h3-4,7,12,17H,2,5-6H2,1H3. The number of hydrogen-bond acceptors (Lipinski definition) is 2. The molecule has 1 aromatic carbocycles. The molecule has 0 bridgehead atoms. The van der Waals surface area contributed by atoms with Gasteiger partial charge in [0, 0.05) is 10.6 Å². The van der Waals surface area contributed by atoms with Crippen LogP contribution in [0.4, 0.5) is 4.39 Å². The Kier molecular flexibility index (Phi) is 3.37. The number of nitrogens with one attached hydrogen (secondary N) is 1. The van der Waals surface area contributed by atoms with E-state index in [1.807, 2.05) is 0 Å². The SMILES string of the molecule is CNC(c1cc(Cl)ccc1F)C1(C#N)CCC1. The van der Waals surface area contributed by atoms with E-state index >= 15 is 0 Å². The van der Waals surface area contributed by atoms with Gasteiger partial charge in [-0.3, -0.25) is 0 Å². The van der Waals surface area contributed by atoms with Crippen molar-refractivity contribution in [1.82, 2.24) is 5.32 Å². The van der Waals surface area contributed by atoms with Crippen molar-refractivity contribution in [3.8, 4) is 6.07 Å². The zero-order valence-corrected chi connectivity index (χ0v) is 10.4. The van der Waals surface area contributed by atoms with Crippen LogP contribution in [0.2, 0.25) is 5.02 Å². The highest BCUT2D eigenvalue weighted by molar-refractivity contribution is 6.30. The fourth-order valence-corrected chi connectivity index (χ4v) is 2.67. The number of benzene rings is 1. The lowest BCUT2D eigenvalue weighted by molar-refractivity contribution is 0.146. The largest absolute Gasteiger partial charge is 0.312 e. The highest BCUT2D eigenvalue weighted by atomic mass is 35.5. The summed E-state index contributed by atoms with van der Waals surface area (Å²) in [6.45, 7) is 0. The molecule has 0 spiro atoms. The lowest BCUT2D eigenvalue weighted by atomic mass is 9.63. The Morgan fingerprint density at radius 1 is 1.53 bits per heavy atom. The predicted molar refractivity (Wildman–Crippen MR) is 65.1 cm³/mol. The predicted octanol–water partition coefficient (Wildman–Crippen LogP) is 3.43. The minimum Gasteiger partial charge on any atom is -0.312 e. The molecule has 0 heterocycles. The zero-order valence-electron chi connectivity index (χ0n) is 9.63. The van der Waals surface area contributed by atoms with E-state index in [0.29, 0.717) is 10.6 Å². The van der Waals surface area contributed by atoms with E-state index in [1.165, 1.54) is 12.1 Å². The van der Waals surface area contributed by atoms with E-state index in [1.54, 1.807) is 13.1 Å². The molecule has 1 saturated carbocycles. The van der Waals surface area contributed by atoms with Crippen molar-refractivity contribution < 1.29 is 4.39 Å². The van der Waals surface area contributed by atoms with Gasteiger partial charge in [0.15, 0.2) is 0 Å². The Balaban J connectivity index is 2.42. The number of nitriles is 1. The lowest BCUT2D eigenvalue weighted by Gasteiger charge is -2.42. The Morgan fingerprint density at radius 3 is 2.71 bits per heavy atom. The molecule has 1 N–H and O–H groups in total. The van der Waals surface area contributed by atoms with Gasteiger partial charge in [-0.25, -0.2) is 4.39 Å². The van der Waals surface area contributed by atoms with Crippen molar-refractivity contribution in [2.24, 2.45) is 5.41 Å². The molecule has 0 amide bonds. The molecule has 17 heavy (non-hydrogen) atoms. The zero-order chi connectivity index (χ0) is 12.5. The summed E-state index contributed by atoms with van der Waals surface area (Å²) in [6, 6.07) is 6.53. The minimum absolute atomic E-state index is 0.292. The molecular formula is C13H14ClFN2. The highest BCUT2D eigenvalue weighted by Crippen LogP contribution is 2.50. The van der Waals surface area contributed by atoms with Gasteiger partial charge in [0.05, 0.1) is 17.5 Å². The first-order valence-corrected chi connectivity index (χ1v) is 6.04. The van der Waals surface area contributed by atoms with E-state index in [9.17, 15) is 9.65 Å². The Labute approximate surface area is 105 Å². The third kappa shape index (κ3) is 2.03. The summed E-state index contributed by atoms with van der Waals surface area (Å²) in [5, 5.41) is 12.9. The van der Waals surface area contributed by atoms with Crippen molar-refractivity contribution in [2.45, 2.75) is 25.3 Å². The van der Waals surface area contributed by atoms with Crippen LogP contribution in [-0.4, -0.2) is 7.05 Å². The van der Waals surface area contributed by atoms with Crippen LogP contribution in [-0.2, 0) is 0 Å². The molecule has 1 aromatic rings. The van der Waals surface area contributed by atoms with Gasteiger partial charge in [0.25, 0.3) is 0 Å².